The Morgan fingerprint density at radius 1 is 1.35 bits per heavy atom. The fourth-order valence-corrected chi connectivity index (χ4v) is 2.12. The second-order valence-corrected chi connectivity index (χ2v) is 4.29. The lowest BCUT2D eigenvalue weighted by Crippen LogP contribution is -1.99. The van der Waals surface area contributed by atoms with Crippen molar-refractivity contribution in [2.45, 2.75) is 33.2 Å². The summed E-state index contributed by atoms with van der Waals surface area (Å²) in [5, 5.41) is 11.7. The maximum atomic E-state index is 10.7. The molecule has 0 spiro atoms. The molecule has 4 heteroatoms. The van der Waals surface area contributed by atoms with Crippen molar-refractivity contribution in [1.29, 1.82) is 0 Å². The minimum absolute atomic E-state index is 0.158. The molecule has 0 aliphatic heterocycles. The van der Waals surface area contributed by atoms with E-state index in [9.17, 15) is 10.1 Å². The number of hydrogen-bond acceptors (Lipinski definition) is 2. The van der Waals surface area contributed by atoms with Crippen LogP contribution in [0.15, 0.2) is 24.3 Å². The highest BCUT2D eigenvalue weighted by atomic mass is 16.6. The van der Waals surface area contributed by atoms with Gasteiger partial charge >= 0.3 is 0 Å². The summed E-state index contributed by atoms with van der Waals surface area (Å²) < 4.78 is 2.22. The summed E-state index contributed by atoms with van der Waals surface area (Å²) in [7, 11) is 0. The lowest BCUT2D eigenvalue weighted by Gasteiger charge is -2.06. The molecule has 2 rings (SSSR count). The zero-order valence-corrected chi connectivity index (χ0v) is 10.1. The Kier molecular flexibility index (Phi) is 3.13. The zero-order chi connectivity index (χ0) is 12.4. The number of unbranched alkanes of at least 4 members (excludes halogenated alkanes) is 1. The van der Waals surface area contributed by atoms with E-state index in [0.717, 1.165) is 36.0 Å². The molecular formula is C13H16N2O2. The van der Waals surface area contributed by atoms with Crippen LogP contribution in [0.4, 0.5) is 5.69 Å². The summed E-state index contributed by atoms with van der Waals surface area (Å²) >= 11 is 0. The predicted molar refractivity (Wildman–Crippen MR) is 68.2 cm³/mol. The number of nitrogens with zero attached hydrogens (tertiary/aromatic N) is 2. The molecule has 0 saturated heterocycles. The summed E-state index contributed by atoms with van der Waals surface area (Å²) in [6.07, 6.45) is 2.27. The van der Waals surface area contributed by atoms with E-state index < -0.39 is 0 Å². The van der Waals surface area contributed by atoms with Crippen LogP contribution in [0.1, 0.15) is 25.5 Å². The summed E-state index contributed by atoms with van der Waals surface area (Å²) in [4.78, 5) is 10.4. The van der Waals surface area contributed by atoms with Gasteiger partial charge in [-0.25, -0.2) is 0 Å². The van der Waals surface area contributed by atoms with Gasteiger partial charge in [-0.1, -0.05) is 13.3 Å². The van der Waals surface area contributed by atoms with E-state index in [1.165, 1.54) is 0 Å². The lowest BCUT2D eigenvalue weighted by molar-refractivity contribution is -0.384. The van der Waals surface area contributed by atoms with Gasteiger partial charge in [0.15, 0.2) is 0 Å². The molecule has 1 aromatic carbocycles. The van der Waals surface area contributed by atoms with E-state index in [0.29, 0.717) is 0 Å². The Morgan fingerprint density at radius 3 is 2.76 bits per heavy atom. The Balaban J connectivity index is 2.48. The monoisotopic (exact) mass is 232 g/mol. The third kappa shape index (κ3) is 2.16. The second-order valence-electron chi connectivity index (χ2n) is 4.29. The van der Waals surface area contributed by atoms with E-state index in [2.05, 4.69) is 11.5 Å². The lowest BCUT2D eigenvalue weighted by atomic mass is 10.2. The molecule has 4 nitrogen and oxygen atoms in total. The second kappa shape index (κ2) is 4.57. The van der Waals surface area contributed by atoms with Gasteiger partial charge in [0.2, 0.25) is 0 Å². The van der Waals surface area contributed by atoms with Gasteiger partial charge in [-0.3, -0.25) is 10.1 Å². The van der Waals surface area contributed by atoms with Crippen molar-refractivity contribution < 1.29 is 4.92 Å². The molecule has 0 aliphatic carbocycles. The first-order valence-electron chi connectivity index (χ1n) is 5.87. The van der Waals surface area contributed by atoms with Crippen molar-refractivity contribution >= 4 is 16.6 Å². The molecule has 90 valence electrons. The van der Waals surface area contributed by atoms with Crippen LogP contribution < -0.4 is 0 Å². The first-order chi connectivity index (χ1) is 8.13. The number of rotatable bonds is 4. The van der Waals surface area contributed by atoms with E-state index in [-0.39, 0.29) is 10.6 Å². The Morgan fingerprint density at radius 2 is 2.12 bits per heavy atom. The first-order valence-corrected chi connectivity index (χ1v) is 5.87. The van der Waals surface area contributed by atoms with Gasteiger partial charge < -0.3 is 4.57 Å². The number of hydrogen-bond donors (Lipinski definition) is 0. The highest BCUT2D eigenvalue weighted by Crippen LogP contribution is 2.24. The summed E-state index contributed by atoms with van der Waals surface area (Å²) in [6, 6.07) is 7.07. The number of fused-ring (bicyclic) bond motifs is 1. The molecule has 1 aromatic heterocycles. The molecule has 0 amide bonds. The standard InChI is InChI=1S/C13H16N2O2/c1-3-4-7-14-10(2)8-11-9-12(15(16)17)5-6-13(11)14/h5-6,8-9H,3-4,7H2,1-2H3. The number of nitro groups is 1. The maximum absolute atomic E-state index is 10.7. The summed E-state index contributed by atoms with van der Waals surface area (Å²) in [5.74, 6) is 0. The predicted octanol–water partition coefficient (Wildman–Crippen LogP) is 3.66. The molecule has 1 heterocycles. The van der Waals surface area contributed by atoms with Crippen LogP contribution in [0.3, 0.4) is 0 Å². The molecule has 0 unspecified atom stereocenters. The number of non-ortho nitro benzene ring substituents is 1. The van der Waals surface area contributed by atoms with Crippen LogP contribution in [-0.4, -0.2) is 9.49 Å². The number of aryl methyl sites for hydroxylation is 2. The first kappa shape index (κ1) is 11.6. The normalized spacial score (nSPS) is 10.9. The van der Waals surface area contributed by atoms with Crippen molar-refractivity contribution in [2.24, 2.45) is 0 Å². The average Bonchev–Trinajstić information content (AvgIpc) is 2.61. The summed E-state index contributed by atoms with van der Waals surface area (Å²) in [5.41, 5.74) is 2.40. The Labute approximate surface area is 100 Å². The number of nitro benzene ring substituents is 1. The van der Waals surface area contributed by atoms with Crippen LogP contribution in [0.25, 0.3) is 10.9 Å². The molecule has 0 fully saturated rings. The van der Waals surface area contributed by atoms with Crippen molar-refractivity contribution in [3.63, 3.8) is 0 Å². The topological polar surface area (TPSA) is 48.1 Å². The molecule has 2 aromatic rings. The van der Waals surface area contributed by atoms with Gasteiger partial charge in [0.05, 0.1) is 4.92 Å². The molecule has 0 saturated carbocycles. The van der Waals surface area contributed by atoms with Gasteiger partial charge in [0.1, 0.15) is 0 Å². The van der Waals surface area contributed by atoms with E-state index >= 15 is 0 Å². The highest BCUT2D eigenvalue weighted by Gasteiger charge is 2.10. The Bertz CT molecular complexity index is 558. The van der Waals surface area contributed by atoms with E-state index in [1.807, 2.05) is 19.1 Å². The Hall–Kier alpha value is -1.84. The van der Waals surface area contributed by atoms with Crippen LogP contribution in [0, 0.1) is 17.0 Å². The number of aromatic nitrogens is 1. The van der Waals surface area contributed by atoms with E-state index in [4.69, 9.17) is 0 Å². The largest absolute Gasteiger partial charge is 0.345 e. The molecule has 0 N–H and O–H groups in total. The van der Waals surface area contributed by atoms with Crippen molar-refractivity contribution in [3.05, 3.63) is 40.1 Å². The van der Waals surface area contributed by atoms with Gasteiger partial charge in [0, 0.05) is 35.3 Å². The van der Waals surface area contributed by atoms with Gasteiger partial charge in [-0.05, 0) is 25.5 Å². The minimum Gasteiger partial charge on any atom is -0.345 e. The van der Waals surface area contributed by atoms with Crippen LogP contribution >= 0.6 is 0 Å². The highest BCUT2D eigenvalue weighted by molar-refractivity contribution is 5.83. The maximum Gasteiger partial charge on any atom is 0.270 e. The minimum atomic E-state index is -0.349. The third-order valence-corrected chi connectivity index (χ3v) is 3.04. The van der Waals surface area contributed by atoms with Crippen molar-refractivity contribution in [2.75, 3.05) is 0 Å². The van der Waals surface area contributed by atoms with Crippen LogP contribution in [0.2, 0.25) is 0 Å². The van der Waals surface area contributed by atoms with Crippen LogP contribution in [0.5, 0.6) is 0 Å². The van der Waals surface area contributed by atoms with Crippen molar-refractivity contribution in [1.82, 2.24) is 4.57 Å². The molecular weight excluding hydrogens is 216 g/mol. The molecule has 0 aliphatic rings. The quantitative estimate of drug-likeness (QED) is 0.596. The third-order valence-electron chi connectivity index (χ3n) is 3.04. The SMILES string of the molecule is CCCCn1c(C)cc2cc([N+](=O)[O-])ccc21. The molecule has 0 radical (unpaired) electrons. The molecule has 0 bridgehead atoms. The van der Waals surface area contributed by atoms with Gasteiger partial charge in [0.25, 0.3) is 5.69 Å². The van der Waals surface area contributed by atoms with Crippen LogP contribution in [-0.2, 0) is 6.54 Å². The fourth-order valence-electron chi connectivity index (χ4n) is 2.12. The fraction of sp³-hybridized carbons (Fsp3) is 0.385. The zero-order valence-electron chi connectivity index (χ0n) is 10.1. The van der Waals surface area contributed by atoms with E-state index in [1.54, 1.807) is 12.1 Å². The van der Waals surface area contributed by atoms with Gasteiger partial charge in [-0.2, -0.15) is 0 Å². The number of benzene rings is 1. The molecule has 0 atom stereocenters. The average molecular weight is 232 g/mol. The smallest absolute Gasteiger partial charge is 0.270 e. The van der Waals surface area contributed by atoms with Crippen molar-refractivity contribution in [3.8, 4) is 0 Å². The van der Waals surface area contributed by atoms with Gasteiger partial charge in [-0.15, -0.1) is 0 Å². The molecule has 17 heavy (non-hydrogen) atoms. The summed E-state index contributed by atoms with van der Waals surface area (Å²) in [6.45, 7) is 5.18.